The summed E-state index contributed by atoms with van der Waals surface area (Å²) in [6.07, 6.45) is 2.52. The highest BCUT2D eigenvalue weighted by Crippen LogP contribution is 2.34. The first-order chi connectivity index (χ1) is 7.16. The van der Waals surface area contributed by atoms with Crippen molar-refractivity contribution in [3.05, 3.63) is 39.9 Å². The van der Waals surface area contributed by atoms with E-state index in [1.807, 2.05) is 0 Å². The summed E-state index contributed by atoms with van der Waals surface area (Å²) in [6.45, 7) is 0. The summed E-state index contributed by atoms with van der Waals surface area (Å²) in [5, 5.41) is 20.1. The third-order valence-corrected chi connectivity index (χ3v) is 2.76. The quantitative estimate of drug-likeness (QED) is 0.605. The molecular formula is C11H13NO3. The summed E-state index contributed by atoms with van der Waals surface area (Å²) in [5.74, 6) is 0.445. The van der Waals surface area contributed by atoms with E-state index in [0.717, 1.165) is 18.4 Å². The number of aliphatic hydroxyl groups excluding tert-OH is 1. The number of non-ortho nitro benzene ring substituents is 1. The average molecular weight is 207 g/mol. The van der Waals surface area contributed by atoms with Gasteiger partial charge >= 0.3 is 0 Å². The van der Waals surface area contributed by atoms with Crippen LogP contribution >= 0.6 is 0 Å². The molecule has 1 aromatic carbocycles. The van der Waals surface area contributed by atoms with E-state index in [2.05, 4.69) is 0 Å². The zero-order chi connectivity index (χ0) is 10.8. The van der Waals surface area contributed by atoms with Crippen molar-refractivity contribution in [2.24, 2.45) is 5.92 Å². The molecule has 0 heterocycles. The molecule has 4 nitrogen and oxygen atoms in total. The minimum Gasteiger partial charge on any atom is -0.392 e. The van der Waals surface area contributed by atoms with Crippen LogP contribution in [-0.4, -0.2) is 16.1 Å². The third-order valence-electron chi connectivity index (χ3n) is 2.76. The average Bonchev–Trinajstić information content (AvgIpc) is 3.01. The van der Waals surface area contributed by atoms with Gasteiger partial charge in [-0.3, -0.25) is 10.1 Å². The van der Waals surface area contributed by atoms with Crippen LogP contribution in [0.3, 0.4) is 0 Å². The van der Waals surface area contributed by atoms with E-state index >= 15 is 0 Å². The Morgan fingerprint density at radius 2 is 2.00 bits per heavy atom. The van der Waals surface area contributed by atoms with E-state index in [-0.39, 0.29) is 11.8 Å². The van der Waals surface area contributed by atoms with Crippen molar-refractivity contribution in [3.8, 4) is 0 Å². The number of hydrogen-bond donors (Lipinski definition) is 1. The van der Waals surface area contributed by atoms with Gasteiger partial charge < -0.3 is 5.11 Å². The molecule has 1 fully saturated rings. The van der Waals surface area contributed by atoms with Gasteiger partial charge in [0.1, 0.15) is 0 Å². The van der Waals surface area contributed by atoms with Gasteiger partial charge in [-0.05, 0) is 30.7 Å². The number of hydrogen-bond acceptors (Lipinski definition) is 3. The minimum absolute atomic E-state index is 0.0969. The van der Waals surface area contributed by atoms with Gasteiger partial charge in [-0.15, -0.1) is 0 Å². The highest BCUT2D eigenvalue weighted by atomic mass is 16.6. The minimum atomic E-state index is -0.416. The Morgan fingerprint density at radius 1 is 1.40 bits per heavy atom. The summed E-state index contributed by atoms with van der Waals surface area (Å²) in [7, 11) is 0. The molecule has 1 atom stereocenters. The predicted octanol–water partition coefficient (Wildman–Crippen LogP) is 1.91. The Balaban J connectivity index is 1.99. The van der Waals surface area contributed by atoms with Crippen LogP contribution in [0.5, 0.6) is 0 Å². The van der Waals surface area contributed by atoms with Crippen molar-refractivity contribution in [2.75, 3.05) is 0 Å². The van der Waals surface area contributed by atoms with Gasteiger partial charge in [0.15, 0.2) is 0 Å². The molecule has 1 aromatic rings. The van der Waals surface area contributed by atoms with E-state index < -0.39 is 4.92 Å². The molecule has 15 heavy (non-hydrogen) atoms. The summed E-state index contributed by atoms with van der Waals surface area (Å²) >= 11 is 0. The third kappa shape index (κ3) is 2.53. The molecule has 4 heteroatoms. The molecule has 80 valence electrons. The summed E-state index contributed by atoms with van der Waals surface area (Å²) in [5.41, 5.74) is 1.06. The second-order valence-corrected chi connectivity index (χ2v) is 4.03. The fourth-order valence-corrected chi connectivity index (χ4v) is 1.64. The first kappa shape index (κ1) is 10.1. The first-order valence-electron chi connectivity index (χ1n) is 5.08. The van der Waals surface area contributed by atoms with Gasteiger partial charge in [-0.1, -0.05) is 12.1 Å². The Bertz CT molecular complexity index is 357. The largest absolute Gasteiger partial charge is 0.392 e. The van der Waals surface area contributed by atoms with Crippen LogP contribution in [-0.2, 0) is 6.42 Å². The van der Waals surface area contributed by atoms with Gasteiger partial charge in [0.2, 0.25) is 0 Å². The fraction of sp³-hybridized carbons (Fsp3) is 0.455. The molecule has 0 spiro atoms. The highest BCUT2D eigenvalue weighted by Gasteiger charge is 2.29. The van der Waals surface area contributed by atoms with Crippen LogP contribution in [0.1, 0.15) is 18.4 Å². The normalized spacial score (nSPS) is 17.4. The molecule has 0 amide bonds. The van der Waals surface area contributed by atoms with Gasteiger partial charge in [0.05, 0.1) is 11.0 Å². The van der Waals surface area contributed by atoms with Crippen molar-refractivity contribution < 1.29 is 10.0 Å². The van der Waals surface area contributed by atoms with Gasteiger partial charge in [0, 0.05) is 12.1 Å². The van der Waals surface area contributed by atoms with Gasteiger partial charge in [0.25, 0.3) is 5.69 Å². The maximum atomic E-state index is 10.4. The smallest absolute Gasteiger partial charge is 0.269 e. The number of aliphatic hydroxyl groups is 1. The summed E-state index contributed by atoms with van der Waals surface area (Å²) in [6, 6.07) is 6.39. The van der Waals surface area contributed by atoms with Crippen molar-refractivity contribution in [1.82, 2.24) is 0 Å². The molecule has 1 saturated carbocycles. The molecule has 0 aromatic heterocycles. The van der Waals surface area contributed by atoms with Gasteiger partial charge in [-0.25, -0.2) is 0 Å². The van der Waals surface area contributed by atoms with E-state index in [1.165, 1.54) is 12.1 Å². The predicted molar refractivity (Wildman–Crippen MR) is 55.5 cm³/mol. The number of nitro groups is 1. The zero-order valence-electron chi connectivity index (χ0n) is 8.30. The lowest BCUT2D eigenvalue weighted by molar-refractivity contribution is -0.384. The molecule has 0 aliphatic heterocycles. The second-order valence-electron chi connectivity index (χ2n) is 4.03. The van der Waals surface area contributed by atoms with Crippen LogP contribution in [0, 0.1) is 16.0 Å². The Morgan fingerprint density at radius 3 is 2.47 bits per heavy atom. The van der Waals surface area contributed by atoms with Crippen LogP contribution in [0.25, 0.3) is 0 Å². The lowest BCUT2D eigenvalue weighted by Gasteiger charge is -2.08. The maximum absolute atomic E-state index is 10.4. The van der Waals surface area contributed by atoms with E-state index in [9.17, 15) is 15.2 Å². The zero-order valence-corrected chi connectivity index (χ0v) is 8.30. The SMILES string of the molecule is O=[N+]([O-])c1ccc(CC(O)C2CC2)cc1. The monoisotopic (exact) mass is 207 g/mol. The fourth-order valence-electron chi connectivity index (χ4n) is 1.64. The Kier molecular flexibility index (Phi) is 2.68. The molecule has 0 radical (unpaired) electrons. The number of benzene rings is 1. The lowest BCUT2D eigenvalue weighted by atomic mass is 10.0. The summed E-state index contributed by atoms with van der Waals surface area (Å²) in [4.78, 5) is 9.99. The molecule has 1 aliphatic rings. The van der Waals surface area contributed by atoms with Crippen LogP contribution < -0.4 is 0 Å². The van der Waals surface area contributed by atoms with Crippen LogP contribution in [0.4, 0.5) is 5.69 Å². The topological polar surface area (TPSA) is 63.4 Å². The Labute approximate surface area is 87.7 Å². The molecule has 1 unspecified atom stereocenters. The van der Waals surface area contributed by atoms with Crippen LogP contribution in [0.2, 0.25) is 0 Å². The van der Waals surface area contributed by atoms with E-state index in [1.54, 1.807) is 12.1 Å². The Hall–Kier alpha value is -1.42. The lowest BCUT2D eigenvalue weighted by Crippen LogP contribution is -2.12. The second kappa shape index (κ2) is 3.98. The number of rotatable bonds is 4. The number of nitrogens with zero attached hydrogens (tertiary/aromatic N) is 1. The molecule has 1 aliphatic carbocycles. The molecule has 0 saturated heterocycles. The maximum Gasteiger partial charge on any atom is 0.269 e. The van der Waals surface area contributed by atoms with Gasteiger partial charge in [-0.2, -0.15) is 0 Å². The van der Waals surface area contributed by atoms with Crippen molar-refractivity contribution in [3.63, 3.8) is 0 Å². The standard InChI is InChI=1S/C11H13NO3/c13-11(9-3-4-9)7-8-1-5-10(6-2-8)12(14)15/h1-2,5-6,9,11,13H,3-4,7H2. The first-order valence-corrected chi connectivity index (χ1v) is 5.08. The highest BCUT2D eigenvalue weighted by molar-refractivity contribution is 5.33. The molecule has 1 N–H and O–H groups in total. The number of nitro benzene ring substituents is 1. The molecule has 2 rings (SSSR count). The van der Waals surface area contributed by atoms with Crippen molar-refractivity contribution in [2.45, 2.75) is 25.4 Å². The summed E-state index contributed by atoms with van der Waals surface area (Å²) < 4.78 is 0. The van der Waals surface area contributed by atoms with E-state index in [0.29, 0.717) is 12.3 Å². The van der Waals surface area contributed by atoms with Crippen LogP contribution in [0.15, 0.2) is 24.3 Å². The van der Waals surface area contributed by atoms with Crippen molar-refractivity contribution >= 4 is 5.69 Å². The van der Waals surface area contributed by atoms with Crippen molar-refractivity contribution in [1.29, 1.82) is 0 Å². The van der Waals surface area contributed by atoms with E-state index in [4.69, 9.17) is 0 Å². The molecular weight excluding hydrogens is 194 g/mol. The molecule has 0 bridgehead atoms.